The Kier molecular flexibility index (Phi) is 8.84. The number of allylic oxidation sites excluding steroid dienone is 1. The number of nitrogens with one attached hydrogen (secondary N) is 2. The van der Waals surface area contributed by atoms with Crippen molar-refractivity contribution < 1.29 is 14.4 Å². The van der Waals surface area contributed by atoms with Gasteiger partial charge in [-0.05, 0) is 107 Å². The number of hydrogen-bond donors (Lipinski definition) is 2. The second-order valence-electron chi connectivity index (χ2n) is 12.9. The maximum absolute atomic E-state index is 12.9. The Labute approximate surface area is 224 Å². The van der Waals surface area contributed by atoms with Gasteiger partial charge in [-0.1, -0.05) is 24.6 Å². The molecule has 4 aliphatic carbocycles. The lowest BCUT2D eigenvalue weighted by molar-refractivity contribution is -0.117. The molecule has 208 valence electrons. The van der Waals surface area contributed by atoms with Crippen LogP contribution in [0.5, 0.6) is 0 Å². The fraction of sp³-hybridized carbons (Fsp3) is 0.833. The van der Waals surface area contributed by atoms with E-state index < -0.39 is 0 Å². The molecule has 4 aliphatic rings. The zero-order valence-corrected chi connectivity index (χ0v) is 24.1. The minimum Gasteiger partial charge on any atom is -0.318 e. The van der Waals surface area contributed by atoms with Crippen molar-refractivity contribution in [2.24, 2.45) is 39.7 Å². The van der Waals surface area contributed by atoms with Gasteiger partial charge < -0.3 is 15.5 Å². The first kappa shape index (κ1) is 28.3. The Morgan fingerprint density at radius 2 is 1.89 bits per heavy atom. The maximum atomic E-state index is 12.9. The molecule has 0 aromatic heterocycles. The topological polar surface area (TPSA) is 83.0 Å². The van der Waals surface area contributed by atoms with Gasteiger partial charge in [-0.15, -0.1) is 0 Å². The summed E-state index contributed by atoms with van der Waals surface area (Å²) >= 11 is 0. The number of carbonyl (C=O) groups is 2. The predicted molar refractivity (Wildman–Crippen MR) is 148 cm³/mol. The van der Waals surface area contributed by atoms with Gasteiger partial charge in [0.25, 0.3) is 0 Å². The van der Waals surface area contributed by atoms with E-state index in [2.05, 4.69) is 36.6 Å². The zero-order chi connectivity index (χ0) is 26.8. The van der Waals surface area contributed by atoms with E-state index in [0.717, 1.165) is 50.5 Å². The molecule has 0 aliphatic heterocycles. The van der Waals surface area contributed by atoms with Crippen LogP contribution in [0, 0.1) is 34.5 Å². The zero-order valence-electron chi connectivity index (χ0n) is 24.1. The van der Waals surface area contributed by atoms with Crippen LogP contribution in [0.1, 0.15) is 86.0 Å². The summed E-state index contributed by atoms with van der Waals surface area (Å²) in [4.78, 5) is 32.3. The Morgan fingerprint density at radius 1 is 1.11 bits per heavy atom. The van der Waals surface area contributed by atoms with Crippen molar-refractivity contribution in [2.75, 3.05) is 33.2 Å². The van der Waals surface area contributed by atoms with E-state index in [1.165, 1.54) is 31.3 Å². The highest BCUT2D eigenvalue weighted by molar-refractivity contribution is 5.91. The third kappa shape index (κ3) is 5.54. The SMILES string of the molecule is CNCCNCCN(C(=O)O/N=C(\C)[C@H]1CC[C@H]2[C@@H]3CCC4=CC(=O)CC[C@]4(C)[C@H]3CC[C@]12C)C(C)C. The molecule has 0 unspecified atom stereocenters. The first-order valence-corrected chi connectivity index (χ1v) is 14.7. The molecule has 7 heteroatoms. The van der Waals surface area contributed by atoms with Crippen LogP contribution in [0.3, 0.4) is 0 Å². The first-order valence-electron chi connectivity index (χ1n) is 14.7. The molecule has 3 saturated carbocycles. The molecular formula is C30H50N4O3. The molecule has 0 bridgehead atoms. The van der Waals surface area contributed by atoms with Gasteiger partial charge in [0.1, 0.15) is 0 Å². The van der Waals surface area contributed by atoms with Gasteiger partial charge in [0.15, 0.2) is 5.78 Å². The molecule has 3 fully saturated rings. The molecule has 37 heavy (non-hydrogen) atoms. The highest BCUT2D eigenvalue weighted by Gasteiger charge is 2.59. The van der Waals surface area contributed by atoms with E-state index in [9.17, 15) is 9.59 Å². The molecule has 0 spiro atoms. The van der Waals surface area contributed by atoms with E-state index in [1.807, 2.05) is 27.0 Å². The number of carbonyl (C=O) groups excluding carboxylic acids is 2. The van der Waals surface area contributed by atoms with Crippen molar-refractivity contribution in [3.8, 4) is 0 Å². The van der Waals surface area contributed by atoms with Crippen LogP contribution >= 0.6 is 0 Å². The van der Waals surface area contributed by atoms with Gasteiger partial charge >= 0.3 is 6.09 Å². The summed E-state index contributed by atoms with van der Waals surface area (Å²) in [7, 11) is 1.93. The van der Waals surface area contributed by atoms with E-state index in [1.54, 1.807) is 4.90 Å². The summed E-state index contributed by atoms with van der Waals surface area (Å²) in [6.07, 6.45) is 10.4. The average Bonchev–Trinajstić information content (AvgIpc) is 3.22. The van der Waals surface area contributed by atoms with E-state index in [4.69, 9.17) is 4.84 Å². The number of fused-ring (bicyclic) bond motifs is 5. The van der Waals surface area contributed by atoms with E-state index >= 15 is 0 Å². The number of rotatable bonds is 9. The van der Waals surface area contributed by atoms with Crippen LogP contribution in [0.2, 0.25) is 0 Å². The Morgan fingerprint density at radius 3 is 2.62 bits per heavy atom. The van der Waals surface area contributed by atoms with Gasteiger partial charge in [0.05, 0.1) is 5.71 Å². The minimum atomic E-state index is -0.362. The lowest BCUT2D eigenvalue weighted by atomic mass is 9.46. The van der Waals surface area contributed by atoms with Crippen LogP contribution in [0.25, 0.3) is 0 Å². The van der Waals surface area contributed by atoms with Gasteiger partial charge in [0.2, 0.25) is 0 Å². The Bertz CT molecular complexity index is 915. The summed E-state index contributed by atoms with van der Waals surface area (Å²) in [6.45, 7) is 14.1. The molecule has 7 nitrogen and oxygen atoms in total. The number of ketones is 1. The fourth-order valence-electron chi connectivity index (χ4n) is 8.57. The largest absolute Gasteiger partial charge is 0.436 e. The highest BCUT2D eigenvalue weighted by atomic mass is 16.7. The predicted octanol–water partition coefficient (Wildman–Crippen LogP) is 5.17. The van der Waals surface area contributed by atoms with Crippen molar-refractivity contribution in [1.29, 1.82) is 0 Å². The second kappa shape index (κ2) is 11.6. The highest BCUT2D eigenvalue weighted by Crippen LogP contribution is 2.66. The van der Waals surface area contributed by atoms with Gasteiger partial charge in [-0.3, -0.25) is 9.63 Å². The average molecular weight is 515 g/mol. The minimum absolute atomic E-state index is 0.0550. The normalized spacial score (nSPS) is 35.5. The summed E-state index contributed by atoms with van der Waals surface area (Å²) < 4.78 is 0. The van der Waals surface area contributed by atoms with Gasteiger partial charge in [-0.2, -0.15) is 0 Å². The van der Waals surface area contributed by atoms with Gasteiger partial charge in [0, 0.05) is 44.6 Å². The van der Waals surface area contributed by atoms with Crippen LogP contribution in [0.4, 0.5) is 4.79 Å². The lowest BCUT2D eigenvalue weighted by Crippen LogP contribution is -2.51. The fourth-order valence-corrected chi connectivity index (χ4v) is 8.57. The van der Waals surface area contributed by atoms with Gasteiger partial charge in [-0.25, -0.2) is 4.79 Å². The molecular weight excluding hydrogens is 464 g/mol. The summed E-state index contributed by atoms with van der Waals surface area (Å²) in [5, 5.41) is 10.9. The van der Waals surface area contributed by atoms with Crippen LogP contribution in [0.15, 0.2) is 16.8 Å². The molecule has 0 radical (unpaired) electrons. The summed E-state index contributed by atoms with van der Waals surface area (Å²) in [5.41, 5.74) is 2.81. The number of likely N-dealkylation sites (N-methyl/N-ethyl adjacent to an activating group) is 1. The third-order valence-corrected chi connectivity index (χ3v) is 10.7. The molecule has 6 atom stereocenters. The Balaban J connectivity index is 1.40. The lowest BCUT2D eigenvalue weighted by Gasteiger charge is -2.58. The van der Waals surface area contributed by atoms with E-state index in [0.29, 0.717) is 36.5 Å². The third-order valence-electron chi connectivity index (χ3n) is 10.7. The maximum Gasteiger partial charge on any atom is 0.436 e. The number of nitrogens with zero attached hydrogens (tertiary/aromatic N) is 2. The second-order valence-corrected chi connectivity index (χ2v) is 12.9. The van der Waals surface area contributed by atoms with Crippen LogP contribution < -0.4 is 10.6 Å². The Hall–Kier alpha value is -1.73. The van der Waals surface area contributed by atoms with E-state index in [-0.39, 0.29) is 23.0 Å². The number of oxime groups is 1. The summed E-state index contributed by atoms with van der Waals surface area (Å²) in [5.74, 6) is 2.79. The van der Waals surface area contributed by atoms with Crippen molar-refractivity contribution in [3.05, 3.63) is 11.6 Å². The van der Waals surface area contributed by atoms with Crippen molar-refractivity contribution >= 4 is 17.6 Å². The van der Waals surface area contributed by atoms with Crippen LogP contribution in [-0.2, 0) is 9.63 Å². The quantitative estimate of drug-likeness (QED) is 0.192. The molecule has 0 heterocycles. The number of amides is 1. The molecule has 2 N–H and O–H groups in total. The molecule has 0 aromatic carbocycles. The molecule has 0 saturated heterocycles. The van der Waals surface area contributed by atoms with Crippen molar-refractivity contribution in [1.82, 2.24) is 15.5 Å². The molecule has 4 rings (SSSR count). The van der Waals surface area contributed by atoms with Crippen molar-refractivity contribution in [2.45, 2.75) is 92.0 Å². The smallest absolute Gasteiger partial charge is 0.318 e. The monoisotopic (exact) mass is 514 g/mol. The molecule has 1 amide bonds. The molecule has 0 aromatic rings. The van der Waals surface area contributed by atoms with Crippen molar-refractivity contribution in [3.63, 3.8) is 0 Å². The summed E-state index contributed by atoms with van der Waals surface area (Å²) in [6, 6.07) is 0.0550. The van der Waals surface area contributed by atoms with Crippen LogP contribution in [-0.4, -0.2) is 61.8 Å². The standard InChI is InChI=1S/C30H50N4O3/c1-20(2)34(18-17-32-16-15-31-6)28(36)37-33-21(3)25-9-10-26-24-8-7-22-19-23(35)11-13-29(22,4)27(24)12-14-30(25,26)5/h19-20,24-27,31-32H,7-18H2,1-6H3/b33-21+/t24-,25+,26-,27-,29-,30+/m0/s1. The first-order chi connectivity index (χ1) is 17.6. The number of hydrogen-bond acceptors (Lipinski definition) is 6.